The van der Waals surface area contributed by atoms with Crippen LogP contribution in [0.5, 0.6) is 0 Å². The molecule has 2 N–H and O–H groups in total. The van der Waals surface area contributed by atoms with E-state index >= 15 is 0 Å². The second kappa shape index (κ2) is 11.2. The predicted octanol–water partition coefficient (Wildman–Crippen LogP) is 2.29. The number of nitrogens with one attached hydrogen (secondary N) is 2. The molecule has 1 saturated heterocycles. The van der Waals surface area contributed by atoms with Crippen LogP contribution >= 0.6 is 0 Å². The van der Waals surface area contributed by atoms with E-state index in [2.05, 4.69) is 19.9 Å². The van der Waals surface area contributed by atoms with Crippen molar-refractivity contribution in [2.24, 2.45) is 0 Å². The van der Waals surface area contributed by atoms with E-state index in [0.29, 0.717) is 6.54 Å². The lowest BCUT2D eigenvalue weighted by Crippen LogP contribution is -2.45. The van der Waals surface area contributed by atoms with Crippen molar-refractivity contribution in [3.05, 3.63) is 65.2 Å². The molecule has 3 rings (SSSR count). The van der Waals surface area contributed by atoms with E-state index in [1.54, 1.807) is 6.20 Å². The Balaban J connectivity index is 1.39. The minimum Gasteiger partial charge on any atom is -0.372 e. The summed E-state index contributed by atoms with van der Waals surface area (Å²) in [5, 5.41) is 3.89. The Morgan fingerprint density at radius 2 is 1.88 bits per heavy atom. The molecule has 8 nitrogen and oxygen atoms in total. The van der Waals surface area contributed by atoms with E-state index in [4.69, 9.17) is 4.74 Å². The third-order valence-corrected chi connectivity index (χ3v) is 6.04. The number of sulfonamides is 1. The van der Waals surface area contributed by atoms with E-state index in [1.807, 2.05) is 56.3 Å². The molecule has 32 heavy (non-hydrogen) atoms. The van der Waals surface area contributed by atoms with E-state index in [9.17, 15) is 13.2 Å². The van der Waals surface area contributed by atoms with Crippen LogP contribution in [0.25, 0.3) is 6.08 Å². The molecule has 1 aromatic heterocycles. The van der Waals surface area contributed by atoms with Gasteiger partial charge in [-0.1, -0.05) is 36.4 Å². The summed E-state index contributed by atoms with van der Waals surface area (Å²) >= 11 is 0. The van der Waals surface area contributed by atoms with Gasteiger partial charge >= 0.3 is 0 Å². The molecule has 0 radical (unpaired) electrons. The second-order valence-corrected chi connectivity index (χ2v) is 9.52. The molecule has 2 atom stereocenters. The van der Waals surface area contributed by atoms with Gasteiger partial charge in [0.05, 0.1) is 12.2 Å². The van der Waals surface area contributed by atoms with Gasteiger partial charge in [0.2, 0.25) is 15.9 Å². The number of hydrogen-bond donors (Lipinski definition) is 2. The molecule has 9 heteroatoms. The van der Waals surface area contributed by atoms with Gasteiger partial charge in [0.25, 0.3) is 0 Å². The standard InChI is InChI=1S/C23H30N4O4S/c1-18-16-27(17-19(2)31-18)22-9-8-21(14-24-22)15-25-23(28)10-12-26-32(29,30)13-11-20-6-4-3-5-7-20/h3-9,11,13-14,18-19,26H,10,12,15-17H2,1-2H3,(H,25,28)/b13-11+. The van der Waals surface area contributed by atoms with Crippen LogP contribution in [-0.4, -0.2) is 51.2 Å². The van der Waals surface area contributed by atoms with Crippen molar-refractivity contribution in [2.45, 2.75) is 39.0 Å². The van der Waals surface area contributed by atoms with Crippen LogP contribution in [0.3, 0.4) is 0 Å². The third-order valence-electron chi connectivity index (χ3n) is 4.94. The molecule has 2 unspecified atom stereocenters. The lowest BCUT2D eigenvalue weighted by Gasteiger charge is -2.36. The molecule has 0 saturated carbocycles. The smallest absolute Gasteiger partial charge is 0.233 e. The second-order valence-electron chi connectivity index (χ2n) is 7.87. The number of carbonyl (C=O) groups excluding carboxylic acids is 1. The fourth-order valence-electron chi connectivity index (χ4n) is 3.45. The number of ether oxygens (including phenoxy) is 1. The van der Waals surface area contributed by atoms with Gasteiger partial charge in [0, 0.05) is 44.2 Å². The Morgan fingerprint density at radius 1 is 1.16 bits per heavy atom. The van der Waals surface area contributed by atoms with E-state index < -0.39 is 10.0 Å². The van der Waals surface area contributed by atoms with Gasteiger partial charge in [0.15, 0.2) is 0 Å². The van der Waals surface area contributed by atoms with Crippen LogP contribution < -0.4 is 14.9 Å². The van der Waals surface area contributed by atoms with E-state index in [-0.39, 0.29) is 31.1 Å². The average molecular weight is 459 g/mol. The lowest BCUT2D eigenvalue weighted by molar-refractivity contribution is -0.121. The van der Waals surface area contributed by atoms with Crippen LogP contribution in [0.15, 0.2) is 54.1 Å². The number of amides is 1. The predicted molar refractivity (Wildman–Crippen MR) is 125 cm³/mol. The summed E-state index contributed by atoms with van der Waals surface area (Å²) in [4.78, 5) is 18.8. The largest absolute Gasteiger partial charge is 0.372 e. The first-order chi connectivity index (χ1) is 15.3. The van der Waals surface area contributed by atoms with Crippen molar-refractivity contribution < 1.29 is 17.9 Å². The van der Waals surface area contributed by atoms with Crippen LogP contribution in [-0.2, 0) is 26.1 Å². The SMILES string of the molecule is CC1CN(c2ccc(CNC(=O)CCNS(=O)(=O)/C=C/c3ccccc3)cn2)CC(C)O1. The van der Waals surface area contributed by atoms with Gasteiger partial charge in [-0.2, -0.15) is 0 Å². The summed E-state index contributed by atoms with van der Waals surface area (Å²) < 4.78 is 32.2. The summed E-state index contributed by atoms with van der Waals surface area (Å²) in [5.74, 6) is 0.652. The Morgan fingerprint density at radius 3 is 2.53 bits per heavy atom. The first-order valence-corrected chi connectivity index (χ1v) is 12.2. The number of rotatable bonds is 9. The molecule has 1 aliphatic rings. The number of nitrogens with zero attached hydrogens (tertiary/aromatic N) is 2. The van der Waals surface area contributed by atoms with Crippen molar-refractivity contribution in [1.29, 1.82) is 0 Å². The number of pyridine rings is 1. The van der Waals surface area contributed by atoms with Gasteiger partial charge in [-0.05, 0) is 37.1 Å². The van der Waals surface area contributed by atoms with Crippen molar-refractivity contribution >= 4 is 27.8 Å². The molecule has 2 heterocycles. The molecule has 0 spiro atoms. The molecule has 1 aliphatic heterocycles. The summed E-state index contributed by atoms with van der Waals surface area (Å²) in [7, 11) is -3.60. The molecular weight excluding hydrogens is 428 g/mol. The number of morpholine rings is 1. The maximum Gasteiger partial charge on any atom is 0.233 e. The van der Waals surface area contributed by atoms with Crippen LogP contribution in [0.4, 0.5) is 5.82 Å². The summed E-state index contributed by atoms with van der Waals surface area (Å²) in [5.41, 5.74) is 1.66. The van der Waals surface area contributed by atoms with E-state index in [0.717, 1.165) is 35.4 Å². The van der Waals surface area contributed by atoms with Gasteiger partial charge in [-0.3, -0.25) is 4.79 Å². The zero-order valence-electron chi connectivity index (χ0n) is 18.4. The summed E-state index contributed by atoms with van der Waals surface area (Å²) in [6, 6.07) is 13.0. The number of anilines is 1. The monoisotopic (exact) mass is 458 g/mol. The minimum atomic E-state index is -3.60. The molecule has 0 aliphatic carbocycles. The van der Waals surface area contributed by atoms with Crippen LogP contribution in [0, 0.1) is 0 Å². The minimum absolute atomic E-state index is 0.0257. The first kappa shape index (κ1) is 23.9. The Kier molecular flexibility index (Phi) is 8.38. The molecule has 1 aromatic carbocycles. The van der Waals surface area contributed by atoms with Gasteiger partial charge in [0.1, 0.15) is 5.82 Å². The molecule has 1 amide bonds. The van der Waals surface area contributed by atoms with Gasteiger partial charge < -0.3 is 15.0 Å². The average Bonchev–Trinajstić information content (AvgIpc) is 2.77. The highest BCUT2D eigenvalue weighted by atomic mass is 32.2. The molecule has 2 aromatic rings. The van der Waals surface area contributed by atoms with Crippen molar-refractivity contribution in [2.75, 3.05) is 24.5 Å². The Bertz CT molecular complexity index is 1000. The Labute approximate surface area is 189 Å². The third kappa shape index (κ3) is 7.74. The maximum absolute atomic E-state index is 12.1. The Hall–Kier alpha value is -2.75. The van der Waals surface area contributed by atoms with Crippen LogP contribution in [0.1, 0.15) is 31.4 Å². The van der Waals surface area contributed by atoms with E-state index in [1.165, 1.54) is 6.08 Å². The molecular formula is C23H30N4O4S. The number of benzene rings is 1. The van der Waals surface area contributed by atoms with Crippen LogP contribution in [0.2, 0.25) is 0 Å². The topological polar surface area (TPSA) is 101 Å². The quantitative estimate of drug-likeness (QED) is 0.598. The fraction of sp³-hybridized carbons (Fsp3) is 0.391. The molecule has 1 fully saturated rings. The molecule has 0 bridgehead atoms. The fourth-order valence-corrected chi connectivity index (χ4v) is 4.27. The first-order valence-electron chi connectivity index (χ1n) is 10.7. The van der Waals surface area contributed by atoms with Crippen molar-refractivity contribution in [1.82, 2.24) is 15.0 Å². The lowest BCUT2D eigenvalue weighted by atomic mass is 10.2. The highest BCUT2D eigenvalue weighted by Crippen LogP contribution is 2.18. The van der Waals surface area contributed by atoms with Gasteiger partial charge in [-0.15, -0.1) is 0 Å². The highest BCUT2D eigenvalue weighted by molar-refractivity contribution is 7.92. The summed E-state index contributed by atoms with van der Waals surface area (Å²) in [6.07, 6.45) is 3.62. The van der Waals surface area contributed by atoms with Crippen molar-refractivity contribution in [3.8, 4) is 0 Å². The van der Waals surface area contributed by atoms with Crippen molar-refractivity contribution in [3.63, 3.8) is 0 Å². The number of carbonyl (C=O) groups is 1. The zero-order chi connectivity index (χ0) is 23.0. The normalized spacial score (nSPS) is 19.2. The molecule has 172 valence electrons. The maximum atomic E-state index is 12.1. The highest BCUT2D eigenvalue weighted by Gasteiger charge is 2.22. The number of aromatic nitrogens is 1. The number of hydrogen-bond acceptors (Lipinski definition) is 6. The zero-order valence-corrected chi connectivity index (χ0v) is 19.2. The van der Waals surface area contributed by atoms with Gasteiger partial charge in [-0.25, -0.2) is 18.1 Å². The summed E-state index contributed by atoms with van der Waals surface area (Å²) in [6.45, 7) is 6.05.